The van der Waals surface area contributed by atoms with Crippen LogP contribution in [0.4, 0.5) is 5.69 Å². The van der Waals surface area contributed by atoms with Crippen molar-refractivity contribution in [3.05, 3.63) is 48.0 Å². The number of thiocarbonyl (C=S) groups is 1. The SMILES string of the molecule is COc1cccc(NC(=S)NCc2ccc(OC(C)C)c(OC)c2)c1. The Morgan fingerprint density at radius 3 is 2.52 bits per heavy atom. The Hall–Kier alpha value is -2.47. The molecule has 0 bridgehead atoms. The average molecular weight is 360 g/mol. The summed E-state index contributed by atoms with van der Waals surface area (Å²) in [5.74, 6) is 2.22. The molecule has 0 heterocycles. The second kappa shape index (κ2) is 9.13. The highest BCUT2D eigenvalue weighted by molar-refractivity contribution is 7.80. The van der Waals surface area contributed by atoms with Crippen LogP contribution in [0, 0.1) is 0 Å². The van der Waals surface area contributed by atoms with Crippen molar-refractivity contribution >= 4 is 23.0 Å². The lowest BCUT2D eigenvalue weighted by Crippen LogP contribution is -2.27. The van der Waals surface area contributed by atoms with E-state index < -0.39 is 0 Å². The number of hydrogen-bond acceptors (Lipinski definition) is 4. The Balaban J connectivity index is 1.94. The second-order valence-electron chi connectivity index (χ2n) is 5.69. The van der Waals surface area contributed by atoms with Gasteiger partial charge in [-0.2, -0.15) is 0 Å². The summed E-state index contributed by atoms with van der Waals surface area (Å²) in [6.45, 7) is 4.54. The van der Waals surface area contributed by atoms with Crippen LogP contribution in [-0.2, 0) is 6.54 Å². The Kier molecular flexibility index (Phi) is 6.89. The summed E-state index contributed by atoms with van der Waals surface area (Å²) < 4.78 is 16.3. The van der Waals surface area contributed by atoms with Gasteiger partial charge in [-0.25, -0.2) is 0 Å². The molecule has 0 spiro atoms. The first-order chi connectivity index (χ1) is 12.0. The van der Waals surface area contributed by atoms with Crippen molar-refractivity contribution < 1.29 is 14.2 Å². The minimum atomic E-state index is 0.0949. The van der Waals surface area contributed by atoms with E-state index in [0.29, 0.717) is 17.4 Å². The molecule has 0 amide bonds. The van der Waals surface area contributed by atoms with Crippen molar-refractivity contribution in [2.45, 2.75) is 26.5 Å². The molecule has 0 unspecified atom stereocenters. The lowest BCUT2D eigenvalue weighted by Gasteiger charge is -2.15. The molecule has 0 saturated heterocycles. The zero-order chi connectivity index (χ0) is 18.2. The Labute approximate surface area is 154 Å². The number of methoxy groups -OCH3 is 2. The summed E-state index contributed by atoms with van der Waals surface area (Å²) in [5, 5.41) is 6.85. The molecule has 2 rings (SSSR count). The molecule has 0 aliphatic carbocycles. The van der Waals surface area contributed by atoms with Crippen molar-refractivity contribution in [1.29, 1.82) is 0 Å². The largest absolute Gasteiger partial charge is 0.497 e. The highest BCUT2D eigenvalue weighted by Gasteiger charge is 2.08. The minimum absolute atomic E-state index is 0.0949. The van der Waals surface area contributed by atoms with E-state index in [-0.39, 0.29) is 6.10 Å². The Morgan fingerprint density at radius 2 is 1.84 bits per heavy atom. The molecule has 2 aromatic rings. The molecule has 2 aromatic carbocycles. The maximum atomic E-state index is 5.72. The predicted octanol–water partition coefficient (Wildman–Crippen LogP) is 3.98. The molecular weight excluding hydrogens is 336 g/mol. The molecule has 0 aromatic heterocycles. The van der Waals surface area contributed by atoms with E-state index in [2.05, 4.69) is 10.6 Å². The van der Waals surface area contributed by atoms with Crippen molar-refractivity contribution in [3.63, 3.8) is 0 Å². The number of benzene rings is 2. The van der Waals surface area contributed by atoms with Crippen LogP contribution in [0.1, 0.15) is 19.4 Å². The third kappa shape index (κ3) is 5.83. The van der Waals surface area contributed by atoms with Crippen molar-refractivity contribution in [1.82, 2.24) is 5.32 Å². The van der Waals surface area contributed by atoms with Gasteiger partial charge in [0.1, 0.15) is 5.75 Å². The second-order valence-corrected chi connectivity index (χ2v) is 6.10. The Bertz CT molecular complexity index is 720. The summed E-state index contributed by atoms with van der Waals surface area (Å²) in [7, 11) is 3.27. The lowest BCUT2D eigenvalue weighted by atomic mass is 10.2. The quantitative estimate of drug-likeness (QED) is 0.729. The summed E-state index contributed by atoms with van der Waals surface area (Å²) >= 11 is 5.34. The van der Waals surface area contributed by atoms with Gasteiger partial charge in [-0.1, -0.05) is 12.1 Å². The predicted molar refractivity (Wildman–Crippen MR) is 105 cm³/mol. The van der Waals surface area contributed by atoms with Crippen molar-refractivity contribution in [2.75, 3.05) is 19.5 Å². The van der Waals surface area contributed by atoms with Gasteiger partial charge in [0.2, 0.25) is 0 Å². The van der Waals surface area contributed by atoms with E-state index in [1.165, 1.54) is 0 Å². The zero-order valence-electron chi connectivity index (χ0n) is 15.0. The van der Waals surface area contributed by atoms with Crippen LogP contribution >= 0.6 is 12.2 Å². The smallest absolute Gasteiger partial charge is 0.171 e. The fourth-order valence-electron chi connectivity index (χ4n) is 2.23. The van der Waals surface area contributed by atoms with Gasteiger partial charge in [0.25, 0.3) is 0 Å². The number of ether oxygens (including phenoxy) is 3. The molecule has 0 aliphatic rings. The molecule has 0 radical (unpaired) electrons. The highest BCUT2D eigenvalue weighted by atomic mass is 32.1. The van der Waals surface area contributed by atoms with E-state index in [4.69, 9.17) is 26.4 Å². The normalized spacial score (nSPS) is 10.3. The van der Waals surface area contributed by atoms with Gasteiger partial charge in [-0.15, -0.1) is 0 Å². The van der Waals surface area contributed by atoms with Crippen LogP contribution in [-0.4, -0.2) is 25.4 Å². The molecule has 2 N–H and O–H groups in total. The lowest BCUT2D eigenvalue weighted by molar-refractivity contribution is 0.230. The topological polar surface area (TPSA) is 51.8 Å². The number of rotatable bonds is 7. The summed E-state index contributed by atoms with van der Waals surface area (Å²) in [6.07, 6.45) is 0.0949. The van der Waals surface area contributed by atoms with Crippen LogP contribution in [0.3, 0.4) is 0 Å². The van der Waals surface area contributed by atoms with Gasteiger partial charge >= 0.3 is 0 Å². The third-order valence-electron chi connectivity index (χ3n) is 3.37. The van der Waals surface area contributed by atoms with Crippen LogP contribution < -0.4 is 24.8 Å². The molecule has 0 fully saturated rings. The maximum Gasteiger partial charge on any atom is 0.171 e. The first-order valence-corrected chi connectivity index (χ1v) is 8.45. The van der Waals surface area contributed by atoms with Crippen LogP contribution in [0.2, 0.25) is 0 Å². The molecule has 134 valence electrons. The summed E-state index contributed by atoms with van der Waals surface area (Å²) in [6, 6.07) is 13.4. The van der Waals surface area contributed by atoms with Gasteiger partial charge in [-0.3, -0.25) is 0 Å². The first kappa shape index (κ1) is 18.9. The van der Waals surface area contributed by atoms with Gasteiger partial charge in [0.15, 0.2) is 16.6 Å². The van der Waals surface area contributed by atoms with Gasteiger partial charge in [-0.05, 0) is 55.9 Å². The molecular formula is C19H24N2O3S. The molecule has 0 aliphatic heterocycles. The van der Waals surface area contributed by atoms with Crippen molar-refractivity contribution in [3.8, 4) is 17.2 Å². The van der Waals surface area contributed by atoms with Gasteiger partial charge < -0.3 is 24.8 Å². The monoisotopic (exact) mass is 360 g/mol. The van der Waals surface area contributed by atoms with Crippen molar-refractivity contribution in [2.24, 2.45) is 0 Å². The highest BCUT2D eigenvalue weighted by Crippen LogP contribution is 2.29. The zero-order valence-corrected chi connectivity index (χ0v) is 15.8. The summed E-state index contributed by atoms with van der Waals surface area (Å²) in [5.41, 5.74) is 1.91. The van der Waals surface area contributed by atoms with Crippen LogP contribution in [0.15, 0.2) is 42.5 Å². The third-order valence-corrected chi connectivity index (χ3v) is 3.62. The fourth-order valence-corrected chi connectivity index (χ4v) is 2.42. The average Bonchev–Trinajstić information content (AvgIpc) is 2.60. The molecule has 0 saturated carbocycles. The van der Waals surface area contributed by atoms with Gasteiger partial charge in [0.05, 0.1) is 20.3 Å². The van der Waals surface area contributed by atoms with E-state index in [1.54, 1.807) is 14.2 Å². The number of nitrogens with one attached hydrogen (secondary N) is 2. The van der Waals surface area contributed by atoms with E-state index >= 15 is 0 Å². The van der Waals surface area contributed by atoms with E-state index in [9.17, 15) is 0 Å². The van der Waals surface area contributed by atoms with Crippen LogP contribution in [0.5, 0.6) is 17.2 Å². The van der Waals surface area contributed by atoms with Gasteiger partial charge in [0, 0.05) is 18.3 Å². The molecule has 25 heavy (non-hydrogen) atoms. The first-order valence-electron chi connectivity index (χ1n) is 8.04. The molecule has 6 heteroatoms. The standard InChI is InChI=1S/C19H24N2O3S/c1-13(2)24-17-9-8-14(10-18(17)23-4)12-20-19(25)21-15-6-5-7-16(11-15)22-3/h5-11,13H,12H2,1-4H3,(H2,20,21,25). The van der Waals surface area contributed by atoms with E-state index in [1.807, 2.05) is 56.3 Å². The molecule has 0 atom stereocenters. The Morgan fingerprint density at radius 1 is 1.04 bits per heavy atom. The summed E-state index contributed by atoms with van der Waals surface area (Å²) in [4.78, 5) is 0. The van der Waals surface area contributed by atoms with Crippen LogP contribution in [0.25, 0.3) is 0 Å². The van der Waals surface area contributed by atoms with E-state index in [0.717, 1.165) is 22.7 Å². The maximum absolute atomic E-state index is 5.72. The number of hydrogen-bond donors (Lipinski definition) is 2. The molecule has 5 nitrogen and oxygen atoms in total. The fraction of sp³-hybridized carbons (Fsp3) is 0.316. The minimum Gasteiger partial charge on any atom is -0.497 e. The number of anilines is 1.